The van der Waals surface area contributed by atoms with Gasteiger partial charge in [-0.05, 0) is 48.9 Å². The molecule has 162 valence electrons. The topological polar surface area (TPSA) is 77.4 Å². The van der Waals surface area contributed by atoms with Crippen LogP contribution in [0.3, 0.4) is 0 Å². The molecule has 0 aliphatic heterocycles. The Morgan fingerprint density at radius 1 is 0.938 bits per heavy atom. The molecule has 7 heteroatoms. The molecule has 0 fully saturated rings. The highest BCUT2D eigenvalue weighted by atomic mass is 19.1. The fourth-order valence-corrected chi connectivity index (χ4v) is 3.69. The zero-order chi connectivity index (χ0) is 22.7. The quantitative estimate of drug-likeness (QED) is 0.372. The number of esters is 1. The van der Waals surface area contributed by atoms with Gasteiger partial charge in [-0.15, -0.1) is 0 Å². The monoisotopic (exact) mass is 432 g/mol. The number of hydrogen-bond donors (Lipinski definition) is 1. The van der Waals surface area contributed by atoms with E-state index in [1.165, 1.54) is 12.1 Å². The summed E-state index contributed by atoms with van der Waals surface area (Å²) < 4.78 is 20.0. The van der Waals surface area contributed by atoms with E-state index >= 15 is 0 Å². The normalized spacial score (nSPS) is 11.9. The Balaban J connectivity index is 1.47. The first-order valence-corrected chi connectivity index (χ1v) is 10.1. The smallest absolute Gasteiger partial charge is 0.326 e. The number of halogens is 1. The Morgan fingerprint density at radius 3 is 2.09 bits per heavy atom. The Bertz CT molecular complexity index is 1300. The molecule has 0 spiro atoms. The third-order valence-corrected chi connectivity index (χ3v) is 5.28. The van der Waals surface area contributed by atoms with Gasteiger partial charge in [0, 0.05) is 10.8 Å². The number of para-hydroxylation sites is 2. The maximum atomic E-state index is 13.1. The highest BCUT2D eigenvalue weighted by Gasteiger charge is 2.15. The summed E-state index contributed by atoms with van der Waals surface area (Å²) in [6.07, 6.45) is 0. The summed E-state index contributed by atoms with van der Waals surface area (Å²) in [6, 6.07) is 19.5. The average Bonchev–Trinajstić information content (AvgIpc) is 2.81. The third kappa shape index (κ3) is 4.37. The van der Waals surface area contributed by atoms with Crippen molar-refractivity contribution in [3.63, 3.8) is 0 Å². The lowest BCUT2D eigenvalue weighted by molar-refractivity contribution is -0.149. The molecule has 4 aromatic rings. The van der Waals surface area contributed by atoms with Gasteiger partial charge in [-0.1, -0.05) is 36.4 Å². The van der Waals surface area contributed by atoms with Crippen molar-refractivity contribution < 1.29 is 18.7 Å². The van der Waals surface area contributed by atoms with Crippen LogP contribution in [-0.4, -0.2) is 23.1 Å². The van der Waals surface area contributed by atoms with Crippen molar-refractivity contribution in [3.05, 3.63) is 94.4 Å². The minimum Gasteiger partial charge on any atom is -0.454 e. The molecule has 1 aromatic heterocycles. The minimum atomic E-state index is -0.603. The van der Waals surface area contributed by atoms with Crippen LogP contribution in [0.25, 0.3) is 21.8 Å². The first kappa shape index (κ1) is 21.2. The highest BCUT2D eigenvalue weighted by Crippen LogP contribution is 2.19. The van der Waals surface area contributed by atoms with Gasteiger partial charge in [0.05, 0.1) is 17.1 Å². The van der Waals surface area contributed by atoms with Crippen molar-refractivity contribution >= 4 is 33.7 Å². The van der Waals surface area contributed by atoms with Gasteiger partial charge in [0.25, 0.3) is 5.91 Å². The Morgan fingerprint density at radius 2 is 1.50 bits per heavy atom. The zero-order valence-corrected chi connectivity index (χ0v) is 17.4. The van der Waals surface area contributed by atoms with Crippen molar-refractivity contribution in [2.75, 3.05) is 6.61 Å². The number of fused-ring (bicyclic) bond motifs is 2. The van der Waals surface area contributed by atoms with E-state index in [9.17, 15) is 18.8 Å². The fraction of sp³-hybridized carbons (Fsp3) is 0.160. The van der Waals surface area contributed by atoms with E-state index in [1.807, 2.05) is 0 Å². The van der Waals surface area contributed by atoms with Gasteiger partial charge < -0.3 is 14.6 Å². The molecule has 0 saturated carbocycles. The summed E-state index contributed by atoms with van der Waals surface area (Å²) in [6.45, 7) is 1.16. The summed E-state index contributed by atoms with van der Waals surface area (Å²) in [4.78, 5) is 37.5. The van der Waals surface area contributed by atoms with Crippen LogP contribution in [0.5, 0.6) is 0 Å². The molecular weight excluding hydrogens is 411 g/mol. The SMILES string of the molecule is CC(NC(=O)COC(=O)Cn1c2ccccc2c(=O)c2ccccc21)c1ccc(F)cc1. The second-order valence-electron chi connectivity index (χ2n) is 7.45. The van der Waals surface area contributed by atoms with Gasteiger partial charge in [-0.3, -0.25) is 14.4 Å². The lowest BCUT2D eigenvalue weighted by Gasteiger charge is -2.16. The second-order valence-corrected chi connectivity index (χ2v) is 7.45. The van der Waals surface area contributed by atoms with Crippen LogP contribution in [0.1, 0.15) is 18.5 Å². The fourth-order valence-electron chi connectivity index (χ4n) is 3.69. The van der Waals surface area contributed by atoms with Gasteiger partial charge in [0.2, 0.25) is 0 Å². The Hall–Kier alpha value is -4.00. The molecule has 0 saturated heterocycles. The summed E-state index contributed by atoms with van der Waals surface area (Å²) >= 11 is 0. The number of pyridine rings is 1. The predicted octanol–water partition coefficient (Wildman–Crippen LogP) is 3.71. The number of aromatic nitrogens is 1. The first-order valence-electron chi connectivity index (χ1n) is 10.1. The van der Waals surface area contributed by atoms with Gasteiger partial charge in [-0.2, -0.15) is 0 Å². The molecule has 0 aliphatic rings. The van der Waals surface area contributed by atoms with Crippen molar-refractivity contribution in [2.24, 2.45) is 0 Å². The number of rotatable bonds is 6. The van der Waals surface area contributed by atoms with Gasteiger partial charge >= 0.3 is 5.97 Å². The predicted molar refractivity (Wildman–Crippen MR) is 120 cm³/mol. The van der Waals surface area contributed by atoms with Crippen molar-refractivity contribution in [3.8, 4) is 0 Å². The number of hydrogen-bond acceptors (Lipinski definition) is 4. The number of carbonyl (C=O) groups is 2. The molecular formula is C25H21FN2O4. The van der Waals surface area contributed by atoms with Crippen LogP contribution in [0.15, 0.2) is 77.6 Å². The number of ether oxygens (including phenoxy) is 1. The highest BCUT2D eigenvalue weighted by molar-refractivity contribution is 5.94. The number of nitrogens with zero attached hydrogens (tertiary/aromatic N) is 1. The van der Waals surface area contributed by atoms with Crippen LogP contribution in [-0.2, 0) is 20.9 Å². The van der Waals surface area contributed by atoms with Crippen molar-refractivity contribution in [2.45, 2.75) is 19.5 Å². The second kappa shape index (κ2) is 9.01. The molecule has 0 bridgehead atoms. The lowest BCUT2D eigenvalue weighted by Crippen LogP contribution is -2.31. The molecule has 6 nitrogen and oxygen atoms in total. The van der Waals surface area contributed by atoms with E-state index in [2.05, 4.69) is 5.32 Å². The van der Waals surface area contributed by atoms with Crippen LogP contribution >= 0.6 is 0 Å². The molecule has 0 aliphatic carbocycles. The molecule has 1 heterocycles. The minimum absolute atomic E-state index is 0.102. The van der Waals surface area contributed by atoms with Gasteiger partial charge in [0.15, 0.2) is 12.0 Å². The summed E-state index contributed by atoms with van der Waals surface area (Å²) in [5.74, 6) is -1.43. The van der Waals surface area contributed by atoms with Crippen molar-refractivity contribution in [1.82, 2.24) is 9.88 Å². The van der Waals surface area contributed by atoms with Crippen LogP contribution in [0.4, 0.5) is 4.39 Å². The van der Waals surface area contributed by atoms with Gasteiger partial charge in [0.1, 0.15) is 12.4 Å². The standard InChI is InChI=1S/C25H21FN2O4/c1-16(17-10-12-18(26)13-11-17)27-23(29)15-32-24(30)14-28-21-8-4-2-6-19(21)25(31)20-7-3-5-9-22(20)28/h2-13,16H,14-15H2,1H3,(H,27,29). The molecule has 0 radical (unpaired) electrons. The first-order chi connectivity index (χ1) is 15.4. The molecule has 3 aromatic carbocycles. The van der Waals surface area contributed by atoms with E-state index in [1.54, 1.807) is 72.2 Å². The number of benzene rings is 3. The van der Waals surface area contributed by atoms with Gasteiger partial charge in [-0.25, -0.2) is 4.39 Å². The summed E-state index contributed by atoms with van der Waals surface area (Å²) in [5.41, 5.74) is 1.86. The van der Waals surface area contributed by atoms with E-state index in [0.29, 0.717) is 21.8 Å². The van der Waals surface area contributed by atoms with Crippen LogP contribution in [0, 0.1) is 5.82 Å². The maximum Gasteiger partial charge on any atom is 0.326 e. The average molecular weight is 432 g/mol. The summed E-state index contributed by atoms with van der Waals surface area (Å²) in [5, 5.41) is 3.72. The third-order valence-electron chi connectivity index (χ3n) is 5.28. The van der Waals surface area contributed by atoms with E-state index in [4.69, 9.17) is 4.74 Å². The molecule has 32 heavy (non-hydrogen) atoms. The molecule has 1 unspecified atom stereocenters. The Labute approximate surface area is 183 Å². The zero-order valence-electron chi connectivity index (χ0n) is 17.4. The van der Waals surface area contributed by atoms with Crippen molar-refractivity contribution in [1.29, 1.82) is 0 Å². The molecule has 4 rings (SSSR count). The lowest BCUT2D eigenvalue weighted by atomic mass is 10.1. The molecule has 1 atom stereocenters. The van der Waals surface area contributed by atoms with E-state index < -0.39 is 18.5 Å². The maximum absolute atomic E-state index is 13.1. The molecule has 1 N–H and O–H groups in total. The van der Waals surface area contributed by atoms with Crippen LogP contribution < -0.4 is 10.7 Å². The molecule has 1 amide bonds. The van der Waals surface area contributed by atoms with E-state index in [-0.39, 0.29) is 23.8 Å². The largest absolute Gasteiger partial charge is 0.454 e. The number of amides is 1. The number of nitrogens with one attached hydrogen (secondary N) is 1. The van der Waals surface area contributed by atoms with E-state index in [0.717, 1.165) is 5.56 Å². The van der Waals surface area contributed by atoms with Crippen LogP contribution in [0.2, 0.25) is 0 Å². The Kier molecular flexibility index (Phi) is 5.98. The summed E-state index contributed by atoms with van der Waals surface area (Å²) in [7, 11) is 0. The number of carbonyl (C=O) groups excluding carboxylic acids is 2.